The average Bonchev–Trinajstić information content (AvgIpc) is 2.78. The SMILES string of the molecule is Cn1nccc1CCOc1ccccc1CCN. The largest absolute Gasteiger partial charge is 0.493 e. The maximum Gasteiger partial charge on any atom is 0.122 e. The van der Waals surface area contributed by atoms with Crippen molar-refractivity contribution in [1.29, 1.82) is 0 Å². The quantitative estimate of drug-likeness (QED) is 0.840. The molecule has 4 nitrogen and oxygen atoms in total. The number of aromatic nitrogens is 2. The predicted octanol–water partition coefficient (Wildman–Crippen LogP) is 1.54. The van der Waals surface area contributed by atoms with Crippen LogP contribution in [-0.4, -0.2) is 22.9 Å². The Morgan fingerprint density at radius 2 is 2.06 bits per heavy atom. The summed E-state index contributed by atoms with van der Waals surface area (Å²) in [4.78, 5) is 0. The Labute approximate surface area is 107 Å². The topological polar surface area (TPSA) is 53.1 Å². The Hall–Kier alpha value is -1.81. The molecule has 4 heteroatoms. The molecule has 0 fully saturated rings. The van der Waals surface area contributed by atoms with Crippen molar-refractivity contribution in [3.05, 3.63) is 47.8 Å². The summed E-state index contributed by atoms with van der Waals surface area (Å²) in [5.41, 5.74) is 7.93. The molecule has 0 bridgehead atoms. The van der Waals surface area contributed by atoms with Gasteiger partial charge in [0, 0.05) is 25.4 Å². The maximum absolute atomic E-state index is 5.82. The number of ether oxygens (including phenoxy) is 1. The molecule has 1 heterocycles. The third-order valence-corrected chi connectivity index (χ3v) is 2.92. The van der Waals surface area contributed by atoms with Gasteiger partial charge >= 0.3 is 0 Å². The molecule has 1 aromatic heterocycles. The first-order valence-corrected chi connectivity index (χ1v) is 6.19. The van der Waals surface area contributed by atoms with Crippen LogP contribution in [-0.2, 0) is 19.9 Å². The summed E-state index contributed by atoms with van der Waals surface area (Å²) in [6.45, 7) is 1.29. The zero-order chi connectivity index (χ0) is 12.8. The Morgan fingerprint density at radius 1 is 1.22 bits per heavy atom. The number of para-hydroxylation sites is 1. The Kier molecular flexibility index (Phi) is 4.36. The fraction of sp³-hybridized carbons (Fsp3) is 0.357. The van der Waals surface area contributed by atoms with Gasteiger partial charge in [-0.05, 0) is 30.7 Å². The van der Waals surface area contributed by atoms with Crippen LogP contribution in [0.5, 0.6) is 5.75 Å². The zero-order valence-electron chi connectivity index (χ0n) is 10.7. The van der Waals surface area contributed by atoms with E-state index in [1.807, 2.05) is 36.0 Å². The lowest BCUT2D eigenvalue weighted by Crippen LogP contribution is -2.08. The van der Waals surface area contributed by atoms with Gasteiger partial charge in [0.2, 0.25) is 0 Å². The molecule has 1 aromatic carbocycles. The van der Waals surface area contributed by atoms with Gasteiger partial charge in [-0.1, -0.05) is 18.2 Å². The third-order valence-electron chi connectivity index (χ3n) is 2.92. The number of hydrogen-bond acceptors (Lipinski definition) is 3. The summed E-state index contributed by atoms with van der Waals surface area (Å²) in [6.07, 6.45) is 3.51. The highest BCUT2D eigenvalue weighted by Gasteiger charge is 2.03. The van der Waals surface area contributed by atoms with Crippen molar-refractivity contribution in [3.63, 3.8) is 0 Å². The molecular weight excluding hydrogens is 226 g/mol. The second-order valence-corrected chi connectivity index (χ2v) is 4.19. The molecule has 0 amide bonds. The van der Waals surface area contributed by atoms with Gasteiger partial charge in [-0.25, -0.2) is 0 Å². The molecule has 0 atom stereocenters. The Balaban J connectivity index is 1.92. The lowest BCUT2D eigenvalue weighted by atomic mass is 10.1. The van der Waals surface area contributed by atoms with Crippen molar-refractivity contribution < 1.29 is 4.74 Å². The van der Waals surface area contributed by atoms with E-state index in [1.165, 1.54) is 11.3 Å². The van der Waals surface area contributed by atoms with E-state index in [0.717, 1.165) is 18.6 Å². The van der Waals surface area contributed by atoms with E-state index in [4.69, 9.17) is 10.5 Å². The van der Waals surface area contributed by atoms with Gasteiger partial charge in [-0.15, -0.1) is 0 Å². The fourth-order valence-corrected chi connectivity index (χ4v) is 1.92. The predicted molar refractivity (Wildman–Crippen MR) is 71.6 cm³/mol. The normalized spacial score (nSPS) is 10.6. The summed E-state index contributed by atoms with van der Waals surface area (Å²) < 4.78 is 7.69. The molecule has 2 rings (SSSR count). The molecular formula is C14H19N3O. The summed E-state index contributed by atoms with van der Waals surface area (Å²) in [6, 6.07) is 10.1. The molecule has 2 aromatic rings. The van der Waals surface area contributed by atoms with E-state index in [-0.39, 0.29) is 0 Å². The number of rotatable bonds is 6. The summed E-state index contributed by atoms with van der Waals surface area (Å²) >= 11 is 0. The first-order valence-electron chi connectivity index (χ1n) is 6.19. The van der Waals surface area contributed by atoms with Gasteiger partial charge in [-0.3, -0.25) is 4.68 Å². The molecule has 0 aliphatic heterocycles. The minimum absolute atomic E-state index is 0.641. The molecule has 2 N–H and O–H groups in total. The molecule has 96 valence electrons. The second-order valence-electron chi connectivity index (χ2n) is 4.19. The molecule has 0 aliphatic carbocycles. The smallest absolute Gasteiger partial charge is 0.122 e. The number of aryl methyl sites for hydroxylation is 1. The molecule has 0 aliphatic rings. The van der Waals surface area contributed by atoms with E-state index in [1.54, 1.807) is 6.20 Å². The summed E-state index contributed by atoms with van der Waals surface area (Å²) in [7, 11) is 1.94. The minimum atomic E-state index is 0.641. The van der Waals surface area contributed by atoms with Gasteiger partial charge in [-0.2, -0.15) is 5.10 Å². The molecule has 18 heavy (non-hydrogen) atoms. The van der Waals surface area contributed by atoms with Gasteiger partial charge in [0.1, 0.15) is 5.75 Å². The highest BCUT2D eigenvalue weighted by Crippen LogP contribution is 2.18. The van der Waals surface area contributed by atoms with Crippen molar-refractivity contribution >= 4 is 0 Å². The van der Waals surface area contributed by atoms with Crippen molar-refractivity contribution in [3.8, 4) is 5.75 Å². The molecule has 0 saturated carbocycles. The van der Waals surface area contributed by atoms with Crippen LogP contribution in [0.1, 0.15) is 11.3 Å². The van der Waals surface area contributed by atoms with Gasteiger partial charge in [0.25, 0.3) is 0 Å². The van der Waals surface area contributed by atoms with E-state index in [2.05, 4.69) is 11.2 Å². The Bertz CT molecular complexity index is 493. The lowest BCUT2D eigenvalue weighted by Gasteiger charge is -2.10. The van der Waals surface area contributed by atoms with Crippen LogP contribution in [0.2, 0.25) is 0 Å². The van der Waals surface area contributed by atoms with Crippen molar-refractivity contribution in [2.45, 2.75) is 12.8 Å². The van der Waals surface area contributed by atoms with Crippen molar-refractivity contribution in [2.24, 2.45) is 12.8 Å². The average molecular weight is 245 g/mol. The minimum Gasteiger partial charge on any atom is -0.493 e. The van der Waals surface area contributed by atoms with Gasteiger partial charge < -0.3 is 10.5 Å². The van der Waals surface area contributed by atoms with E-state index in [0.29, 0.717) is 13.2 Å². The number of hydrogen-bond donors (Lipinski definition) is 1. The zero-order valence-corrected chi connectivity index (χ0v) is 10.7. The van der Waals surface area contributed by atoms with Crippen LogP contribution < -0.4 is 10.5 Å². The third kappa shape index (κ3) is 3.11. The Morgan fingerprint density at radius 3 is 2.78 bits per heavy atom. The van der Waals surface area contributed by atoms with Crippen LogP contribution in [0.25, 0.3) is 0 Å². The van der Waals surface area contributed by atoms with Crippen LogP contribution >= 0.6 is 0 Å². The van der Waals surface area contributed by atoms with E-state index >= 15 is 0 Å². The van der Waals surface area contributed by atoms with Crippen LogP contribution in [0.3, 0.4) is 0 Å². The maximum atomic E-state index is 5.82. The summed E-state index contributed by atoms with van der Waals surface area (Å²) in [5.74, 6) is 0.935. The number of nitrogens with two attached hydrogens (primary N) is 1. The fourth-order valence-electron chi connectivity index (χ4n) is 1.92. The van der Waals surface area contributed by atoms with Crippen LogP contribution in [0, 0.1) is 0 Å². The highest BCUT2D eigenvalue weighted by molar-refractivity contribution is 5.33. The molecule has 0 spiro atoms. The first kappa shape index (κ1) is 12.6. The standard InChI is InChI=1S/C14H19N3O/c1-17-13(7-10-16-17)8-11-18-14-5-3-2-4-12(14)6-9-15/h2-5,7,10H,6,8-9,11,15H2,1H3. The monoisotopic (exact) mass is 245 g/mol. The van der Waals surface area contributed by atoms with Gasteiger partial charge in [0.05, 0.1) is 6.61 Å². The number of nitrogens with zero attached hydrogens (tertiary/aromatic N) is 2. The van der Waals surface area contributed by atoms with Crippen LogP contribution in [0.4, 0.5) is 0 Å². The molecule has 0 saturated heterocycles. The van der Waals surface area contributed by atoms with Crippen LogP contribution in [0.15, 0.2) is 36.5 Å². The summed E-state index contributed by atoms with van der Waals surface area (Å²) in [5, 5.41) is 4.13. The van der Waals surface area contributed by atoms with Gasteiger partial charge in [0.15, 0.2) is 0 Å². The molecule has 0 radical (unpaired) electrons. The number of benzene rings is 1. The second kappa shape index (κ2) is 6.21. The lowest BCUT2D eigenvalue weighted by molar-refractivity contribution is 0.315. The highest BCUT2D eigenvalue weighted by atomic mass is 16.5. The van der Waals surface area contributed by atoms with Crippen molar-refractivity contribution in [2.75, 3.05) is 13.2 Å². The molecule has 0 unspecified atom stereocenters. The van der Waals surface area contributed by atoms with Crippen molar-refractivity contribution in [1.82, 2.24) is 9.78 Å². The van der Waals surface area contributed by atoms with E-state index < -0.39 is 0 Å². The van der Waals surface area contributed by atoms with E-state index in [9.17, 15) is 0 Å². The first-order chi connectivity index (χ1) is 8.81.